The van der Waals surface area contributed by atoms with E-state index in [-0.39, 0.29) is 24.9 Å². The molecule has 4 amide bonds. The predicted molar refractivity (Wildman–Crippen MR) is 81.1 cm³/mol. The molecule has 0 unspecified atom stereocenters. The van der Waals surface area contributed by atoms with Crippen LogP contribution in [-0.2, 0) is 19.2 Å². The Morgan fingerprint density at radius 1 is 0.727 bits per heavy atom. The summed E-state index contributed by atoms with van der Waals surface area (Å²) in [6, 6.07) is 6.33. The first-order valence-corrected chi connectivity index (χ1v) is 6.59. The minimum Gasteiger partial charge on any atom is -0.355 e. The Balaban J connectivity index is 2.41. The second-order valence-corrected chi connectivity index (χ2v) is 4.45. The van der Waals surface area contributed by atoms with Crippen LogP contribution < -0.4 is 21.3 Å². The van der Waals surface area contributed by atoms with Gasteiger partial charge in [-0.2, -0.15) is 0 Å². The minimum atomic E-state index is -0.810. The summed E-state index contributed by atoms with van der Waals surface area (Å²) in [7, 11) is 0. The number of carbonyl (C=O) groups is 4. The molecule has 0 saturated carbocycles. The SMILES string of the molecule is CC(=O)NCCNC(=O)C(=O)Nc1ccc(NC(C)=O)cc1. The lowest BCUT2D eigenvalue weighted by Crippen LogP contribution is -2.39. The van der Waals surface area contributed by atoms with Crippen molar-refractivity contribution in [1.29, 1.82) is 0 Å². The van der Waals surface area contributed by atoms with Gasteiger partial charge < -0.3 is 21.3 Å². The third-order valence-corrected chi connectivity index (χ3v) is 2.45. The number of rotatable bonds is 5. The first kappa shape index (κ1) is 17.2. The van der Waals surface area contributed by atoms with E-state index >= 15 is 0 Å². The molecule has 0 saturated heterocycles. The molecule has 1 aromatic carbocycles. The monoisotopic (exact) mass is 306 g/mol. The summed E-state index contributed by atoms with van der Waals surface area (Å²) < 4.78 is 0. The molecule has 0 heterocycles. The molecule has 8 nitrogen and oxygen atoms in total. The highest BCUT2D eigenvalue weighted by atomic mass is 16.2. The van der Waals surface area contributed by atoms with Crippen LogP contribution in [-0.4, -0.2) is 36.7 Å². The summed E-state index contributed by atoms with van der Waals surface area (Å²) in [6.45, 7) is 3.16. The summed E-state index contributed by atoms with van der Waals surface area (Å²) in [5, 5.41) is 9.87. The van der Waals surface area contributed by atoms with Crippen LogP contribution in [0.25, 0.3) is 0 Å². The summed E-state index contributed by atoms with van der Waals surface area (Å²) in [4.78, 5) is 44.6. The number of nitrogens with one attached hydrogen (secondary N) is 4. The summed E-state index contributed by atoms with van der Waals surface area (Å²) in [5.74, 6) is -2.01. The molecule has 0 aromatic heterocycles. The Morgan fingerprint density at radius 3 is 1.73 bits per heavy atom. The maximum atomic E-state index is 11.6. The van der Waals surface area contributed by atoms with E-state index in [1.54, 1.807) is 24.3 Å². The maximum Gasteiger partial charge on any atom is 0.313 e. The predicted octanol–water partition coefficient (Wildman–Crippen LogP) is -0.164. The lowest BCUT2D eigenvalue weighted by Gasteiger charge is -2.08. The van der Waals surface area contributed by atoms with Gasteiger partial charge in [0.1, 0.15) is 0 Å². The van der Waals surface area contributed by atoms with Gasteiger partial charge >= 0.3 is 11.8 Å². The Hall–Kier alpha value is -2.90. The van der Waals surface area contributed by atoms with Gasteiger partial charge in [-0.15, -0.1) is 0 Å². The van der Waals surface area contributed by atoms with Gasteiger partial charge in [0.25, 0.3) is 0 Å². The fourth-order valence-electron chi connectivity index (χ4n) is 1.52. The van der Waals surface area contributed by atoms with Crippen LogP contribution in [0.3, 0.4) is 0 Å². The third-order valence-electron chi connectivity index (χ3n) is 2.45. The van der Waals surface area contributed by atoms with E-state index in [4.69, 9.17) is 0 Å². The molecule has 0 aliphatic rings. The van der Waals surface area contributed by atoms with Gasteiger partial charge in [-0.3, -0.25) is 19.2 Å². The number of hydrogen-bond acceptors (Lipinski definition) is 4. The van der Waals surface area contributed by atoms with Gasteiger partial charge in [0.15, 0.2) is 0 Å². The van der Waals surface area contributed by atoms with E-state index in [1.807, 2.05) is 0 Å². The van der Waals surface area contributed by atoms with Crippen LogP contribution in [0.4, 0.5) is 11.4 Å². The smallest absolute Gasteiger partial charge is 0.313 e. The first-order chi connectivity index (χ1) is 10.4. The largest absolute Gasteiger partial charge is 0.355 e. The zero-order chi connectivity index (χ0) is 16.5. The van der Waals surface area contributed by atoms with Crippen LogP contribution in [0, 0.1) is 0 Å². The molecule has 0 spiro atoms. The fraction of sp³-hybridized carbons (Fsp3) is 0.286. The zero-order valence-corrected chi connectivity index (χ0v) is 12.4. The van der Waals surface area contributed by atoms with E-state index in [1.165, 1.54) is 13.8 Å². The van der Waals surface area contributed by atoms with Gasteiger partial charge in [-0.25, -0.2) is 0 Å². The van der Waals surface area contributed by atoms with Crippen molar-refractivity contribution in [3.05, 3.63) is 24.3 Å². The van der Waals surface area contributed by atoms with Crippen molar-refractivity contribution in [2.75, 3.05) is 23.7 Å². The molecule has 0 aliphatic heterocycles. The van der Waals surface area contributed by atoms with Crippen molar-refractivity contribution < 1.29 is 19.2 Å². The fourth-order valence-corrected chi connectivity index (χ4v) is 1.52. The number of anilines is 2. The number of benzene rings is 1. The second kappa shape index (κ2) is 8.40. The number of amides is 4. The highest BCUT2D eigenvalue weighted by molar-refractivity contribution is 6.39. The van der Waals surface area contributed by atoms with Crippen molar-refractivity contribution in [3.63, 3.8) is 0 Å². The highest BCUT2D eigenvalue weighted by Gasteiger charge is 2.12. The number of carbonyl (C=O) groups excluding carboxylic acids is 4. The molecule has 1 rings (SSSR count). The topological polar surface area (TPSA) is 116 Å². The van der Waals surface area contributed by atoms with E-state index in [0.29, 0.717) is 11.4 Å². The molecule has 4 N–H and O–H groups in total. The van der Waals surface area contributed by atoms with Gasteiger partial charge in [-0.1, -0.05) is 0 Å². The normalized spacial score (nSPS) is 9.55. The number of hydrogen-bond donors (Lipinski definition) is 4. The first-order valence-electron chi connectivity index (χ1n) is 6.59. The average Bonchev–Trinajstić information content (AvgIpc) is 2.44. The van der Waals surface area contributed by atoms with Crippen LogP contribution in [0.2, 0.25) is 0 Å². The zero-order valence-electron chi connectivity index (χ0n) is 12.4. The quantitative estimate of drug-likeness (QED) is 0.446. The Morgan fingerprint density at radius 2 is 1.23 bits per heavy atom. The molecule has 22 heavy (non-hydrogen) atoms. The van der Waals surface area contributed by atoms with E-state index in [9.17, 15) is 19.2 Å². The van der Waals surface area contributed by atoms with Crippen LogP contribution >= 0.6 is 0 Å². The molecule has 0 atom stereocenters. The highest BCUT2D eigenvalue weighted by Crippen LogP contribution is 2.13. The lowest BCUT2D eigenvalue weighted by atomic mass is 10.2. The Kier molecular flexibility index (Phi) is 6.55. The summed E-state index contributed by atoms with van der Waals surface area (Å²) in [6.07, 6.45) is 0. The summed E-state index contributed by atoms with van der Waals surface area (Å²) in [5.41, 5.74) is 1.02. The standard InChI is InChI=1S/C14H18N4O4/c1-9(19)15-7-8-16-13(21)14(22)18-12-5-3-11(4-6-12)17-10(2)20/h3-6H,7-8H2,1-2H3,(H,15,19)(H,16,21)(H,17,20)(H,18,22). The minimum absolute atomic E-state index is 0.160. The Bertz CT molecular complexity index is 569. The molecule has 8 heteroatoms. The van der Waals surface area contributed by atoms with E-state index < -0.39 is 11.8 Å². The maximum absolute atomic E-state index is 11.6. The van der Waals surface area contributed by atoms with Crippen molar-refractivity contribution in [3.8, 4) is 0 Å². The molecule has 118 valence electrons. The molecule has 1 aromatic rings. The van der Waals surface area contributed by atoms with Crippen LogP contribution in [0.1, 0.15) is 13.8 Å². The van der Waals surface area contributed by atoms with E-state index in [2.05, 4.69) is 21.3 Å². The molecule has 0 fully saturated rings. The molecular formula is C14H18N4O4. The lowest BCUT2D eigenvalue weighted by molar-refractivity contribution is -0.136. The van der Waals surface area contributed by atoms with Crippen LogP contribution in [0.5, 0.6) is 0 Å². The van der Waals surface area contributed by atoms with Crippen molar-refractivity contribution in [1.82, 2.24) is 10.6 Å². The average molecular weight is 306 g/mol. The van der Waals surface area contributed by atoms with Crippen molar-refractivity contribution >= 4 is 35.0 Å². The van der Waals surface area contributed by atoms with Gasteiger partial charge in [-0.05, 0) is 24.3 Å². The van der Waals surface area contributed by atoms with Gasteiger partial charge in [0, 0.05) is 38.3 Å². The molecule has 0 aliphatic carbocycles. The van der Waals surface area contributed by atoms with Crippen LogP contribution in [0.15, 0.2) is 24.3 Å². The van der Waals surface area contributed by atoms with Crippen molar-refractivity contribution in [2.24, 2.45) is 0 Å². The molecule has 0 radical (unpaired) electrons. The Labute approximate surface area is 127 Å². The third kappa shape index (κ3) is 6.51. The van der Waals surface area contributed by atoms with Gasteiger partial charge in [0.2, 0.25) is 11.8 Å². The van der Waals surface area contributed by atoms with Crippen molar-refractivity contribution in [2.45, 2.75) is 13.8 Å². The molecule has 0 bridgehead atoms. The second-order valence-electron chi connectivity index (χ2n) is 4.45. The molecular weight excluding hydrogens is 288 g/mol. The van der Waals surface area contributed by atoms with E-state index in [0.717, 1.165) is 0 Å². The summed E-state index contributed by atoms with van der Waals surface area (Å²) >= 11 is 0. The van der Waals surface area contributed by atoms with Gasteiger partial charge in [0.05, 0.1) is 0 Å².